The molecule has 1 aromatic rings. The Morgan fingerprint density at radius 3 is 2.74 bits per heavy atom. The van der Waals surface area contributed by atoms with Gasteiger partial charge >= 0.3 is 6.09 Å². The van der Waals surface area contributed by atoms with Gasteiger partial charge in [-0.15, -0.1) is 0 Å². The lowest BCUT2D eigenvalue weighted by Crippen LogP contribution is -2.32. The topological polar surface area (TPSA) is 58.6 Å². The lowest BCUT2D eigenvalue weighted by atomic mass is 10.2. The summed E-state index contributed by atoms with van der Waals surface area (Å²) in [7, 11) is 0. The summed E-state index contributed by atoms with van der Waals surface area (Å²) in [6.45, 7) is 5.75. The predicted molar refractivity (Wildman–Crippen MR) is 76.4 cm³/mol. The first-order valence-electron chi connectivity index (χ1n) is 5.90. The number of benzene rings is 1. The third-order valence-electron chi connectivity index (χ3n) is 2.04. The molecule has 0 saturated carbocycles. The average molecular weight is 284 g/mol. The normalized spacial score (nSPS) is 11.6. The van der Waals surface area contributed by atoms with Crippen LogP contribution in [0.3, 0.4) is 0 Å². The molecule has 1 aromatic carbocycles. The quantitative estimate of drug-likeness (QED) is 0.891. The Kier molecular flexibility index (Phi) is 5.24. The molecule has 5 heteroatoms. The van der Waals surface area contributed by atoms with E-state index in [-0.39, 0.29) is 5.75 Å². The van der Waals surface area contributed by atoms with Gasteiger partial charge in [0.1, 0.15) is 11.4 Å². The van der Waals surface area contributed by atoms with E-state index in [9.17, 15) is 9.90 Å². The lowest BCUT2D eigenvalue weighted by molar-refractivity contribution is 0.0534. The van der Waals surface area contributed by atoms with Gasteiger partial charge in [0.05, 0.1) is 5.02 Å². The maximum Gasteiger partial charge on any atom is 0.407 e. The third-order valence-corrected chi connectivity index (χ3v) is 2.37. The van der Waals surface area contributed by atoms with Crippen LogP contribution in [0.5, 0.6) is 5.75 Å². The van der Waals surface area contributed by atoms with Gasteiger partial charge in [0.15, 0.2) is 0 Å². The number of phenols is 1. The molecule has 2 N–H and O–H groups in total. The maximum atomic E-state index is 11.4. The smallest absolute Gasteiger partial charge is 0.407 e. The van der Waals surface area contributed by atoms with Crippen LogP contribution in [0.15, 0.2) is 24.3 Å². The highest BCUT2D eigenvalue weighted by atomic mass is 35.5. The van der Waals surface area contributed by atoms with Crippen LogP contribution in [0.1, 0.15) is 26.3 Å². The summed E-state index contributed by atoms with van der Waals surface area (Å²) in [4.78, 5) is 11.4. The molecule has 0 aliphatic carbocycles. The van der Waals surface area contributed by atoms with Crippen LogP contribution < -0.4 is 5.32 Å². The molecule has 0 spiro atoms. The second kappa shape index (κ2) is 6.48. The van der Waals surface area contributed by atoms with Gasteiger partial charge in [0.2, 0.25) is 0 Å². The van der Waals surface area contributed by atoms with Gasteiger partial charge in [-0.05, 0) is 44.5 Å². The van der Waals surface area contributed by atoms with Crippen LogP contribution in [0.4, 0.5) is 4.79 Å². The highest BCUT2D eigenvalue weighted by Crippen LogP contribution is 2.22. The van der Waals surface area contributed by atoms with Gasteiger partial charge in [0.25, 0.3) is 0 Å². The molecule has 4 nitrogen and oxygen atoms in total. The fraction of sp³-hybridized carbons (Fsp3) is 0.357. The number of aromatic hydroxyl groups is 1. The Morgan fingerprint density at radius 2 is 2.16 bits per heavy atom. The summed E-state index contributed by atoms with van der Waals surface area (Å²) < 4.78 is 5.09. The molecular weight excluding hydrogens is 266 g/mol. The second-order valence-corrected chi connectivity index (χ2v) is 5.40. The molecular formula is C14H18ClNO3. The molecule has 0 fully saturated rings. The van der Waals surface area contributed by atoms with Crippen LogP contribution in [0.2, 0.25) is 5.02 Å². The van der Waals surface area contributed by atoms with Crippen molar-refractivity contribution in [2.75, 3.05) is 6.54 Å². The molecule has 19 heavy (non-hydrogen) atoms. The predicted octanol–water partition coefficient (Wildman–Crippen LogP) is 3.58. The summed E-state index contributed by atoms with van der Waals surface area (Å²) in [6.07, 6.45) is 3.05. The minimum absolute atomic E-state index is 0.119. The minimum Gasteiger partial charge on any atom is -0.508 e. The fourth-order valence-electron chi connectivity index (χ4n) is 1.29. The maximum absolute atomic E-state index is 11.4. The molecule has 0 aromatic heterocycles. The number of hydrogen-bond donors (Lipinski definition) is 2. The molecule has 0 heterocycles. The van der Waals surface area contributed by atoms with Crippen LogP contribution in [0, 0.1) is 0 Å². The number of phenolic OH excluding ortho intramolecular Hbond substituents is 1. The van der Waals surface area contributed by atoms with E-state index in [0.717, 1.165) is 5.56 Å². The molecule has 0 bridgehead atoms. The zero-order valence-electron chi connectivity index (χ0n) is 11.2. The fourth-order valence-corrected chi connectivity index (χ4v) is 1.53. The molecule has 0 radical (unpaired) electrons. The van der Waals surface area contributed by atoms with Crippen LogP contribution in [-0.2, 0) is 4.74 Å². The van der Waals surface area contributed by atoms with Crippen LogP contribution in [-0.4, -0.2) is 23.3 Å². The van der Waals surface area contributed by atoms with E-state index in [0.29, 0.717) is 11.6 Å². The number of alkyl carbamates (subject to hydrolysis) is 1. The molecule has 1 amide bonds. The van der Waals surface area contributed by atoms with E-state index in [2.05, 4.69) is 5.32 Å². The number of hydrogen-bond acceptors (Lipinski definition) is 3. The van der Waals surface area contributed by atoms with Crippen molar-refractivity contribution in [1.29, 1.82) is 0 Å². The average Bonchev–Trinajstić information content (AvgIpc) is 2.24. The Bertz CT molecular complexity index is 478. The third kappa shape index (κ3) is 6.15. The van der Waals surface area contributed by atoms with E-state index >= 15 is 0 Å². The van der Waals surface area contributed by atoms with Gasteiger partial charge in [-0.3, -0.25) is 0 Å². The highest BCUT2D eigenvalue weighted by Gasteiger charge is 2.14. The molecule has 104 valence electrons. The molecule has 0 saturated heterocycles. The van der Waals surface area contributed by atoms with E-state index < -0.39 is 11.7 Å². The van der Waals surface area contributed by atoms with Crippen molar-refractivity contribution in [2.24, 2.45) is 0 Å². The van der Waals surface area contributed by atoms with Gasteiger partial charge < -0.3 is 15.2 Å². The lowest BCUT2D eigenvalue weighted by Gasteiger charge is -2.19. The van der Waals surface area contributed by atoms with Crippen molar-refractivity contribution >= 4 is 23.8 Å². The number of nitrogens with one attached hydrogen (secondary N) is 1. The zero-order valence-corrected chi connectivity index (χ0v) is 12.0. The monoisotopic (exact) mass is 283 g/mol. The highest BCUT2D eigenvalue weighted by molar-refractivity contribution is 6.32. The molecule has 0 aliphatic rings. The van der Waals surface area contributed by atoms with E-state index in [1.54, 1.807) is 45.1 Å². The first-order valence-corrected chi connectivity index (χ1v) is 6.27. The Balaban J connectivity index is 2.44. The molecule has 1 rings (SSSR count). The van der Waals surface area contributed by atoms with E-state index in [1.807, 2.05) is 0 Å². The summed E-state index contributed by atoms with van der Waals surface area (Å²) in [5.41, 5.74) is 0.263. The van der Waals surface area contributed by atoms with Gasteiger partial charge in [-0.1, -0.05) is 23.8 Å². The Hall–Kier alpha value is -1.68. The van der Waals surface area contributed by atoms with Gasteiger partial charge in [-0.25, -0.2) is 4.79 Å². The standard InChI is InChI=1S/C14H18ClNO3/c1-14(2,3)19-13(18)16-8-4-5-10-6-7-11(17)9-12(10)15/h4-7,9,17H,8H2,1-3H3,(H,16,18). The molecule has 0 aliphatic heterocycles. The van der Waals surface area contributed by atoms with Crippen molar-refractivity contribution in [3.8, 4) is 5.75 Å². The summed E-state index contributed by atoms with van der Waals surface area (Å²) in [5.74, 6) is 0.119. The van der Waals surface area contributed by atoms with Gasteiger partial charge in [-0.2, -0.15) is 0 Å². The summed E-state index contributed by atoms with van der Waals surface area (Å²) in [5, 5.41) is 12.3. The van der Waals surface area contributed by atoms with Crippen molar-refractivity contribution in [3.63, 3.8) is 0 Å². The Labute approximate surface area is 118 Å². The van der Waals surface area contributed by atoms with E-state index in [4.69, 9.17) is 16.3 Å². The SMILES string of the molecule is CC(C)(C)OC(=O)NCC=Cc1ccc(O)cc1Cl. The Morgan fingerprint density at radius 1 is 1.47 bits per heavy atom. The van der Waals surface area contributed by atoms with Crippen molar-refractivity contribution in [1.82, 2.24) is 5.32 Å². The number of rotatable bonds is 3. The second-order valence-electron chi connectivity index (χ2n) is 4.99. The van der Waals surface area contributed by atoms with Crippen LogP contribution in [0.25, 0.3) is 6.08 Å². The molecule has 0 unspecified atom stereocenters. The number of carbonyl (C=O) groups is 1. The van der Waals surface area contributed by atoms with Crippen molar-refractivity contribution in [3.05, 3.63) is 34.9 Å². The first-order chi connectivity index (χ1) is 8.78. The summed E-state index contributed by atoms with van der Waals surface area (Å²) in [6, 6.07) is 4.71. The van der Waals surface area contributed by atoms with Gasteiger partial charge in [0, 0.05) is 6.54 Å². The van der Waals surface area contributed by atoms with E-state index in [1.165, 1.54) is 6.07 Å². The number of amides is 1. The summed E-state index contributed by atoms with van der Waals surface area (Å²) >= 11 is 5.93. The molecule has 0 atom stereocenters. The minimum atomic E-state index is -0.506. The number of ether oxygens (including phenoxy) is 1. The largest absolute Gasteiger partial charge is 0.508 e. The number of carbonyl (C=O) groups excluding carboxylic acids is 1. The van der Waals surface area contributed by atoms with Crippen molar-refractivity contribution in [2.45, 2.75) is 26.4 Å². The van der Waals surface area contributed by atoms with Crippen LogP contribution >= 0.6 is 11.6 Å². The number of halogens is 1. The zero-order chi connectivity index (χ0) is 14.5. The first kappa shape index (κ1) is 15.4. The van der Waals surface area contributed by atoms with Crippen molar-refractivity contribution < 1.29 is 14.6 Å².